The lowest BCUT2D eigenvalue weighted by Crippen LogP contribution is -2.28. The highest BCUT2D eigenvalue weighted by molar-refractivity contribution is 5.07. The Balaban J connectivity index is 0.000000861. The average molecular weight is 264 g/mol. The SMILES string of the molecule is CC.Cc1cnn(C(C)(C)c2nnc(C(C)C)o2)c1. The molecule has 0 spiro atoms. The fourth-order valence-corrected chi connectivity index (χ4v) is 1.53. The number of aryl methyl sites for hydroxylation is 1. The van der Waals surface area contributed by atoms with Gasteiger partial charge in [0.2, 0.25) is 11.8 Å². The molecular formula is C14H24N4O. The fourth-order valence-electron chi connectivity index (χ4n) is 1.53. The fraction of sp³-hybridized carbons (Fsp3) is 0.643. The van der Waals surface area contributed by atoms with Crippen LogP contribution in [0.1, 0.15) is 64.8 Å². The molecule has 106 valence electrons. The Morgan fingerprint density at radius 1 is 1.21 bits per heavy atom. The molecule has 0 unspecified atom stereocenters. The Labute approximate surface area is 115 Å². The van der Waals surface area contributed by atoms with E-state index in [0.717, 1.165) is 5.56 Å². The summed E-state index contributed by atoms with van der Waals surface area (Å²) in [5.74, 6) is 1.49. The van der Waals surface area contributed by atoms with Crippen LogP contribution in [0.2, 0.25) is 0 Å². The van der Waals surface area contributed by atoms with Crippen molar-refractivity contribution in [2.45, 2.75) is 59.9 Å². The maximum absolute atomic E-state index is 5.69. The summed E-state index contributed by atoms with van der Waals surface area (Å²) in [6, 6.07) is 0. The molecule has 0 amide bonds. The Morgan fingerprint density at radius 2 is 1.84 bits per heavy atom. The minimum Gasteiger partial charge on any atom is -0.422 e. The molecule has 0 aliphatic rings. The highest BCUT2D eigenvalue weighted by Crippen LogP contribution is 2.25. The van der Waals surface area contributed by atoms with E-state index in [0.29, 0.717) is 11.8 Å². The van der Waals surface area contributed by atoms with Crippen molar-refractivity contribution in [3.8, 4) is 0 Å². The molecule has 19 heavy (non-hydrogen) atoms. The third kappa shape index (κ3) is 3.22. The second kappa shape index (κ2) is 5.99. The molecule has 0 saturated carbocycles. The van der Waals surface area contributed by atoms with Crippen molar-refractivity contribution in [2.75, 3.05) is 0 Å². The van der Waals surface area contributed by atoms with E-state index >= 15 is 0 Å². The standard InChI is InChI=1S/C12H18N4O.C2H6/c1-8(2)10-14-15-11(17-10)12(4,5)16-7-9(3)6-13-16;1-2/h6-8H,1-5H3;1-2H3. The van der Waals surface area contributed by atoms with Crippen LogP contribution in [-0.4, -0.2) is 20.0 Å². The molecule has 5 nitrogen and oxygen atoms in total. The zero-order valence-electron chi connectivity index (χ0n) is 12.9. The zero-order valence-corrected chi connectivity index (χ0v) is 12.9. The van der Waals surface area contributed by atoms with Crippen LogP contribution in [0.4, 0.5) is 0 Å². The van der Waals surface area contributed by atoms with Crippen molar-refractivity contribution >= 4 is 0 Å². The van der Waals surface area contributed by atoms with Crippen molar-refractivity contribution < 1.29 is 4.42 Å². The Kier molecular flexibility index (Phi) is 4.86. The van der Waals surface area contributed by atoms with E-state index in [2.05, 4.69) is 15.3 Å². The summed E-state index contributed by atoms with van der Waals surface area (Å²) >= 11 is 0. The summed E-state index contributed by atoms with van der Waals surface area (Å²) < 4.78 is 7.54. The van der Waals surface area contributed by atoms with Gasteiger partial charge in [-0.05, 0) is 26.3 Å². The van der Waals surface area contributed by atoms with Crippen LogP contribution in [0.5, 0.6) is 0 Å². The lowest BCUT2D eigenvalue weighted by Gasteiger charge is -2.20. The maximum Gasteiger partial charge on any atom is 0.243 e. The molecule has 0 bridgehead atoms. The molecule has 2 aromatic heterocycles. The predicted octanol–water partition coefficient (Wildman–Crippen LogP) is 3.51. The van der Waals surface area contributed by atoms with Crippen molar-refractivity contribution in [3.63, 3.8) is 0 Å². The van der Waals surface area contributed by atoms with Crippen LogP contribution >= 0.6 is 0 Å². The highest BCUT2D eigenvalue weighted by Gasteiger charge is 2.30. The molecule has 0 N–H and O–H groups in total. The largest absolute Gasteiger partial charge is 0.422 e. The molecule has 0 atom stereocenters. The van der Waals surface area contributed by atoms with Crippen molar-refractivity contribution in [3.05, 3.63) is 29.7 Å². The lowest BCUT2D eigenvalue weighted by atomic mass is 10.1. The summed E-state index contributed by atoms with van der Waals surface area (Å²) in [6.45, 7) is 14.1. The number of nitrogens with zero attached hydrogens (tertiary/aromatic N) is 4. The van der Waals surface area contributed by atoms with Gasteiger partial charge in [0.25, 0.3) is 0 Å². The summed E-state index contributed by atoms with van der Waals surface area (Å²) in [5.41, 5.74) is 0.690. The summed E-state index contributed by atoms with van der Waals surface area (Å²) in [6.07, 6.45) is 3.79. The zero-order chi connectivity index (χ0) is 14.6. The minimum absolute atomic E-state index is 0.242. The summed E-state index contributed by atoms with van der Waals surface area (Å²) in [4.78, 5) is 0. The van der Waals surface area contributed by atoms with Gasteiger partial charge in [0, 0.05) is 12.1 Å². The third-order valence-electron chi connectivity index (χ3n) is 2.74. The first-order chi connectivity index (χ1) is 8.91. The number of hydrogen-bond donors (Lipinski definition) is 0. The second-order valence-corrected chi connectivity index (χ2v) is 5.12. The van der Waals surface area contributed by atoms with E-state index in [-0.39, 0.29) is 5.92 Å². The topological polar surface area (TPSA) is 56.7 Å². The quantitative estimate of drug-likeness (QED) is 0.851. The van der Waals surface area contributed by atoms with Gasteiger partial charge in [0.1, 0.15) is 5.54 Å². The Bertz CT molecular complexity index is 511. The van der Waals surface area contributed by atoms with Gasteiger partial charge >= 0.3 is 0 Å². The molecule has 0 fully saturated rings. The number of hydrogen-bond acceptors (Lipinski definition) is 4. The predicted molar refractivity (Wildman–Crippen MR) is 75.1 cm³/mol. The normalized spacial score (nSPS) is 11.4. The average Bonchev–Trinajstić information content (AvgIpc) is 3.00. The molecule has 2 aromatic rings. The van der Waals surface area contributed by atoms with E-state index in [1.807, 2.05) is 65.5 Å². The molecule has 5 heteroatoms. The molecule has 2 heterocycles. The second-order valence-electron chi connectivity index (χ2n) is 5.12. The van der Waals surface area contributed by atoms with Gasteiger partial charge in [-0.1, -0.05) is 27.7 Å². The number of aromatic nitrogens is 4. The van der Waals surface area contributed by atoms with Crippen LogP contribution in [0.15, 0.2) is 16.8 Å². The summed E-state index contributed by atoms with van der Waals surface area (Å²) in [7, 11) is 0. The van der Waals surface area contributed by atoms with Crippen molar-refractivity contribution in [1.29, 1.82) is 0 Å². The molecule has 0 saturated heterocycles. The first kappa shape index (κ1) is 15.4. The molecular weight excluding hydrogens is 240 g/mol. The first-order valence-corrected chi connectivity index (χ1v) is 6.77. The van der Waals surface area contributed by atoms with Gasteiger partial charge in [0.15, 0.2) is 0 Å². The molecule has 0 aromatic carbocycles. The van der Waals surface area contributed by atoms with Crippen LogP contribution in [0.25, 0.3) is 0 Å². The smallest absolute Gasteiger partial charge is 0.243 e. The lowest BCUT2D eigenvalue weighted by molar-refractivity contribution is 0.286. The monoisotopic (exact) mass is 264 g/mol. The molecule has 2 rings (SSSR count). The molecule has 0 aliphatic heterocycles. The maximum atomic E-state index is 5.69. The van der Waals surface area contributed by atoms with Crippen molar-refractivity contribution in [2.24, 2.45) is 0 Å². The van der Waals surface area contributed by atoms with Crippen LogP contribution in [0, 0.1) is 6.92 Å². The van der Waals surface area contributed by atoms with Gasteiger partial charge in [-0.25, -0.2) is 0 Å². The van der Waals surface area contributed by atoms with Crippen LogP contribution in [0.3, 0.4) is 0 Å². The summed E-state index contributed by atoms with van der Waals surface area (Å²) in [5, 5.41) is 12.5. The highest BCUT2D eigenvalue weighted by atomic mass is 16.4. The van der Waals surface area contributed by atoms with E-state index < -0.39 is 5.54 Å². The van der Waals surface area contributed by atoms with Gasteiger partial charge in [-0.15, -0.1) is 10.2 Å². The third-order valence-corrected chi connectivity index (χ3v) is 2.74. The van der Waals surface area contributed by atoms with Gasteiger partial charge in [0.05, 0.1) is 6.20 Å². The Morgan fingerprint density at radius 3 is 2.26 bits per heavy atom. The molecule has 0 radical (unpaired) electrons. The van der Waals surface area contributed by atoms with Crippen molar-refractivity contribution in [1.82, 2.24) is 20.0 Å². The van der Waals surface area contributed by atoms with Gasteiger partial charge < -0.3 is 4.42 Å². The van der Waals surface area contributed by atoms with E-state index in [4.69, 9.17) is 4.42 Å². The van der Waals surface area contributed by atoms with Gasteiger partial charge in [-0.2, -0.15) is 5.10 Å². The van der Waals surface area contributed by atoms with E-state index in [1.165, 1.54) is 0 Å². The van der Waals surface area contributed by atoms with Crippen LogP contribution in [-0.2, 0) is 5.54 Å². The number of rotatable bonds is 3. The minimum atomic E-state index is -0.422. The van der Waals surface area contributed by atoms with Gasteiger partial charge in [-0.3, -0.25) is 4.68 Å². The Hall–Kier alpha value is -1.65. The van der Waals surface area contributed by atoms with Crippen LogP contribution < -0.4 is 0 Å². The van der Waals surface area contributed by atoms with E-state index in [9.17, 15) is 0 Å². The first-order valence-electron chi connectivity index (χ1n) is 6.77. The molecule has 0 aliphatic carbocycles. The van der Waals surface area contributed by atoms with E-state index in [1.54, 1.807) is 0 Å².